The molecule has 2 atom stereocenters. The summed E-state index contributed by atoms with van der Waals surface area (Å²) in [6.45, 7) is 4.88. The van der Waals surface area contributed by atoms with Gasteiger partial charge in [0.1, 0.15) is 0 Å². The number of benzene rings is 1. The quantitative estimate of drug-likeness (QED) is 0.730. The number of aliphatic hydroxyl groups is 1. The van der Waals surface area contributed by atoms with Crippen LogP contribution in [0.5, 0.6) is 0 Å². The van der Waals surface area contributed by atoms with E-state index in [0.29, 0.717) is 19.8 Å². The van der Waals surface area contributed by atoms with Crippen LogP contribution >= 0.6 is 0 Å². The van der Waals surface area contributed by atoms with E-state index < -0.39 is 6.10 Å². The molecule has 1 fully saturated rings. The number of ether oxygens (including phenoxy) is 2. The first-order valence-corrected chi connectivity index (χ1v) is 7.54. The van der Waals surface area contributed by atoms with Gasteiger partial charge < -0.3 is 24.8 Å². The second kappa shape index (κ2) is 9.12. The first kappa shape index (κ1) is 16.4. The summed E-state index contributed by atoms with van der Waals surface area (Å²) in [4.78, 5) is 2.26. The van der Waals surface area contributed by atoms with Crippen molar-refractivity contribution >= 4 is 0 Å². The first-order valence-electron chi connectivity index (χ1n) is 7.54. The van der Waals surface area contributed by atoms with Crippen LogP contribution in [0.2, 0.25) is 0 Å². The van der Waals surface area contributed by atoms with Gasteiger partial charge in [-0.2, -0.15) is 0 Å². The Morgan fingerprint density at radius 3 is 3.00 bits per heavy atom. The van der Waals surface area contributed by atoms with E-state index in [1.807, 2.05) is 30.3 Å². The zero-order valence-corrected chi connectivity index (χ0v) is 12.7. The monoisotopic (exact) mass is 294 g/mol. The Kier molecular flexibility index (Phi) is 7.12. The largest absolute Gasteiger partial charge is 0.389 e. The highest BCUT2D eigenvalue weighted by Gasteiger charge is 2.17. The van der Waals surface area contributed by atoms with Gasteiger partial charge in [-0.05, 0) is 12.6 Å². The molecule has 1 heterocycles. The fourth-order valence-electron chi connectivity index (χ4n) is 2.35. The minimum atomic E-state index is -0.491. The molecule has 1 aliphatic rings. The van der Waals surface area contributed by atoms with E-state index in [1.54, 1.807) is 0 Å². The summed E-state index contributed by atoms with van der Waals surface area (Å²) in [5.41, 5.74) is 1.12. The maximum Gasteiger partial charge on any atom is 0.0897 e. The molecule has 2 rings (SSSR count). The van der Waals surface area contributed by atoms with Crippen molar-refractivity contribution in [2.75, 3.05) is 46.4 Å². The SMILES string of the molecule is CN1CCO[C@H](CNC[C@@H](O)COCc2ccccc2)C1. The van der Waals surface area contributed by atoms with Gasteiger partial charge in [-0.1, -0.05) is 30.3 Å². The van der Waals surface area contributed by atoms with E-state index in [2.05, 4.69) is 17.3 Å². The predicted molar refractivity (Wildman–Crippen MR) is 82.2 cm³/mol. The van der Waals surface area contributed by atoms with Crippen molar-refractivity contribution in [2.45, 2.75) is 18.8 Å². The minimum Gasteiger partial charge on any atom is -0.389 e. The van der Waals surface area contributed by atoms with E-state index in [9.17, 15) is 5.11 Å². The molecule has 118 valence electrons. The number of nitrogens with one attached hydrogen (secondary N) is 1. The van der Waals surface area contributed by atoms with Crippen molar-refractivity contribution in [3.8, 4) is 0 Å². The van der Waals surface area contributed by atoms with Crippen LogP contribution in [0.3, 0.4) is 0 Å². The van der Waals surface area contributed by atoms with Crippen molar-refractivity contribution in [2.24, 2.45) is 0 Å². The van der Waals surface area contributed by atoms with Crippen LogP contribution in [0, 0.1) is 0 Å². The molecule has 0 aliphatic carbocycles. The van der Waals surface area contributed by atoms with Crippen molar-refractivity contribution in [1.29, 1.82) is 0 Å². The van der Waals surface area contributed by atoms with Crippen molar-refractivity contribution < 1.29 is 14.6 Å². The Labute approximate surface area is 126 Å². The number of rotatable bonds is 8. The highest BCUT2D eigenvalue weighted by molar-refractivity contribution is 5.13. The molecule has 0 aromatic heterocycles. The van der Waals surface area contributed by atoms with Crippen LogP contribution in [-0.4, -0.2) is 68.7 Å². The molecule has 0 unspecified atom stereocenters. The Morgan fingerprint density at radius 1 is 1.43 bits per heavy atom. The third-order valence-electron chi connectivity index (χ3n) is 3.52. The molecule has 0 spiro atoms. The number of likely N-dealkylation sites (N-methyl/N-ethyl adjacent to an activating group) is 1. The van der Waals surface area contributed by atoms with Gasteiger partial charge in [0.25, 0.3) is 0 Å². The molecule has 0 amide bonds. The van der Waals surface area contributed by atoms with E-state index in [0.717, 1.165) is 31.8 Å². The van der Waals surface area contributed by atoms with Crippen molar-refractivity contribution in [3.63, 3.8) is 0 Å². The lowest BCUT2D eigenvalue weighted by Gasteiger charge is -2.30. The van der Waals surface area contributed by atoms with Gasteiger partial charge in [-0.3, -0.25) is 0 Å². The highest BCUT2D eigenvalue weighted by Crippen LogP contribution is 2.02. The standard InChI is InChI=1S/C16H26N2O3/c1-18-7-8-21-16(11-18)10-17-9-15(19)13-20-12-14-5-3-2-4-6-14/h2-6,15-17,19H,7-13H2,1H3/t15-,16-/m1/s1. The normalized spacial score (nSPS) is 21.3. The molecule has 0 radical (unpaired) electrons. The minimum absolute atomic E-state index is 0.209. The van der Waals surface area contributed by atoms with Crippen molar-refractivity contribution in [1.82, 2.24) is 10.2 Å². The number of morpholine rings is 1. The molecule has 1 saturated heterocycles. The van der Waals surface area contributed by atoms with Gasteiger partial charge >= 0.3 is 0 Å². The van der Waals surface area contributed by atoms with Gasteiger partial charge in [0.05, 0.1) is 32.0 Å². The van der Waals surface area contributed by atoms with Gasteiger partial charge in [0, 0.05) is 26.2 Å². The fraction of sp³-hybridized carbons (Fsp3) is 0.625. The van der Waals surface area contributed by atoms with Gasteiger partial charge in [0.2, 0.25) is 0 Å². The van der Waals surface area contributed by atoms with Gasteiger partial charge in [-0.15, -0.1) is 0 Å². The summed E-state index contributed by atoms with van der Waals surface area (Å²) in [5.74, 6) is 0. The zero-order chi connectivity index (χ0) is 14.9. The number of nitrogens with zero attached hydrogens (tertiary/aromatic N) is 1. The molecule has 5 heteroatoms. The second-order valence-electron chi connectivity index (χ2n) is 5.57. The lowest BCUT2D eigenvalue weighted by atomic mass is 10.2. The van der Waals surface area contributed by atoms with E-state index in [-0.39, 0.29) is 6.10 Å². The Balaban J connectivity index is 1.52. The van der Waals surface area contributed by atoms with Crippen LogP contribution in [0.25, 0.3) is 0 Å². The van der Waals surface area contributed by atoms with E-state index in [4.69, 9.17) is 9.47 Å². The maximum absolute atomic E-state index is 9.87. The number of aliphatic hydroxyl groups excluding tert-OH is 1. The Bertz CT molecular complexity index is 388. The fourth-order valence-corrected chi connectivity index (χ4v) is 2.35. The third-order valence-corrected chi connectivity index (χ3v) is 3.52. The zero-order valence-electron chi connectivity index (χ0n) is 12.7. The Morgan fingerprint density at radius 2 is 2.24 bits per heavy atom. The molecule has 1 aromatic carbocycles. The van der Waals surface area contributed by atoms with Crippen LogP contribution in [-0.2, 0) is 16.1 Å². The Hall–Kier alpha value is -0.980. The molecule has 5 nitrogen and oxygen atoms in total. The lowest BCUT2D eigenvalue weighted by molar-refractivity contribution is -0.0212. The molecule has 1 aliphatic heterocycles. The van der Waals surface area contributed by atoms with E-state index in [1.165, 1.54) is 0 Å². The first-order chi connectivity index (χ1) is 10.2. The van der Waals surface area contributed by atoms with Gasteiger partial charge in [0.15, 0.2) is 0 Å². The molecule has 0 bridgehead atoms. The van der Waals surface area contributed by atoms with Crippen molar-refractivity contribution in [3.05, 3.63) is 35.9 Å². The summed E-state index contributed by atoms with van der Waals surface area (Å²) in [6, 6.07) is 9.98. The smallest absolute Gasteiger partial charge is 0.0897 e. The highest BCUT2D eigenvalue weighted by atomic mass is 16.5. The summed E-state index contributed by atoms with van der Waals surface area (Å²) < 4.78 is 11.2. The van der Waals surface area contributed by atoms with Crippen LogP contribution in [0.1, 0.15) is 5.56 Å². The van der Waals surface area contributed by atoms with Crippen LogP contribution < -0.4 is 5.32 Å². The summed E-state index contributed by atoms with van der Waals surface area (Å²) >= 11 is 0. The molecular formula is C16H26N2O3. The summed E-state index contributed by atoms with van der Waals surface area (Å²) in [5, 5.41) is 13.1. The second-order valence-corrected chi connectivity index (χ2v) is 5.57. The van der Waals surface area contributed by atoms with Crippen LogP contribution in [0.4, 0.5) is 0 Å². The van der Waals surface area contributed by atoms with Crippen LogP contribution in [0.15, 0.2) is 30.3 Å². The molecule has 0 saturated carbocycles. The average Bonchev–Trinajstić information content (AvgIpc) is 2.48. The van der Waals surface area contributed by atoms with E-state index >= 15 is 0 Å². The summed E-state index contributed by atoms with van der Waals surface area (Å²) in [7, 11) is 2.10. The predicted octanol–water partition coefficient (Wildman–Crippen LogP) is 0.484. The lowest BCUT2D eigenvalue weighted by Crippen LogP contribution is -2.46. The average molecular weight is 294 g/mol. The topological polar surface area (TPSA) is 54.0 Å². The molecule has 2 N–H and O–H groups in total. The maximum atomic E-state index is 9.87. The third kappa shape index (κ3) is 6.54. The molecule has 21 heavy (non-hydrogen) atoms. The number of hydrogen-bond donors (Lipinski definition) is 2. The van der Waals surface area contributed by atoms with Gasteiger partial charge in [-0.25, -0.2) is 0 Å². The molecular weight excluding hydrogens is 268 g/mol. The molecule has 1 aromatic rings. The summed E-state index contributed by atoms with van der Waals surface area (Å²) in [6.07, 6.45) is -0.281. The number of hydrogen-bond acceptors (Lipinski definition) is 5.